The topological polar surface area (TPSA) is 86.1 Å². The Balaban J connectivity index is 1.83. The number of anilines is 1. The van der Waals surface area contributed by atoms with Gasteiger partial charge in [0, 0.05) is 10.6 Å². The van der Waals surface area contributed by atoms with E-state index in [4.69, 9.17) is 16.3 Å². The van der Waals surface area contributed by atoms with Gasteiger partial charge in [0.25, 0.3) is 0 Å². The van der Waals surface area contributed by atoms with Gasteiger partial charge in [-0.3, -0.25) is 4.79 Å². The standard InChI is InChI=1S/C20H19ClN4O3/c1-12-4-6-14(7-5-12)17-11-22-25(20(27)24-17)13(2)19(26)23-16-10-15(21)8-9-18(16)28-3/h4-11,13H,1-3H3,(H,23,26)/t13-/m0/s1. The number of methoxy groups -OCH3 is 1. The van der Waals surface area contributed by atoms with Crippen LogP contribution in [0.5, 0.6) is 5.75 Å². The Kier molecular flexibility index (Phi) is 5.75. The Bertz CT molecular complexity index is 1060. The highest BCUT2D eigenvalue weighted by molar-refractivity contribution is 6.31. The molecule has 0 aliphatic carbocycles. The van der Waals surface area contributed by atoms with Gasteiger partial charge >= 0.3 is 5.69 Å². The quantitative estimate of drug-likeness (QED) is 0.711. The van der Waals surface area contributed by atoms with Crippen molar-refractivity contribution in [3.05, 3.63) is 69.7 Å². The Morgan fingerprint density at radius 3 is 2.57 bits per heavy atom. The predicted octanol–water partition coefficient (Wildman–Crippen LogP) is 3.48. The summed E-state index contributed by atoms with van der Waals surface area (Å²) in [6.45, 7) is 3.54. The summed E-state index contributed by atoms with van der Waals surface area (Å²) in [6.07, 6.45) is 1.47. The summed E-state index contributed by atoms with van der Waals surface area (Å²) in [5.74, 6) is 0.0122. The highest BCUT2D eigenvalue weighted by Gasteiger charge is 2.20. The lowest BCUT2D eigenvalue weighted by Gasteiger charge is -2.15. The molecule has 1 aromatic heterocycles. The highest BCUT2D eigenvalue weighted by Crippen LogP contribution is 2.28. The molecule has 0 fully saturated rings. The number of ether oxygens (including phenoxy) is 1. The molecule has 1 N–H and O–H groups in total. The number of nitrogens with zero attached hydrogens (tertiary/aromatic N) is 3. The second-order valence-electron chi connectivity index (χ2n) is 6.24. The summed E-state index contributed by atoms with van der Waals surface area (Å²) in [6, 6.07) is 11.6. The molecule has 7 nitrogen and oxygen atoms in total. The van der Waals surface area contributed by atoms with E-state index in [0.717, 1.165) is 15.8 Å². The van der Waals surface area contributed by atoms with E-state index in [-0.39, 0.29) is 0 Å². The van der Waals surface area contributed by atoms with Crippen LogP contribution in [0.25, 0.3) is 11.3 Å². The summed E-state index contributed by atoms with van der Waals surface area (Å²) in [4.78, 5) is 29.1. The van der Waals surface area contributed by atoms with Gasteiger partial charge in [0.1, 0.15) is 11.8 Å². The fourth-order valence-electron chi connectivity index (χ4n) is 2.60. The molecule has 0 bridgehead atoms. The first-order valence-corrected chi connectivity index (χ1v) is 8.94. The van der Waals surface area contributed by atoms with Crippen LogP contribution in [-0.4, -0.2) is 27.8 Å². The van der Waals surface area contributed by atoms with Gasteiger partial charge in [-0.2, -0.15) is 10.1 Å². The molecule has 28 heavy (non-hydrogen) atoms. The Hall–Kier alpha value is -3.19. The zero-order chi connectivity index (χ0) is 20.3. The van der Waals surface area contributed by atoms with Crippen LogP contribution < -0.4 is 15.7 Å². The van der Waals surface area contributed by atoms with Crippen molar-refractivity contribution in [1.82, 2.24) is 14.8 Å². The number of nitrogens with one attached hydrogen (secondary N) is 1. The fraction of sp³-hybridized carbons (Fsp3) is 0.200. The van der Waals surface area contributed by atoms with Crippen molar-refractivity contribution in [2.24, 2.45) is 0 Å². The van der Waals surface area contributed by atoms with Crippen molar-refractivity contribution < 1.29 is 9.53 Å². The smallest absolute Gasteiger partial charge is 0.365 e. The van der Waals surface area contributed by atoms with Gasteiger partial charge in [-0.15, -0.1) is 0 Å². The maximum Gasteiger partial charge on any atom is 0.365 e. The van der Waals surface area contributed by atoms with Crippen LogP contribution in [0, 0.1) is 6.92 Å². The minimum Gasteiger partial charge on any atom is -0.495 e. The molecule has 0 saturated heterocycles. The maximum atomic E-state index is 12.6. The molecule has 0 radical (unpaired) electrons. The summed E-state index contributed by atoms with van der Waals surface area (Å²) >= 11 is 5.98. The molecule has 1 heterocycles. The minimum absolute atomic E-state index is 0.407. The second kappa shape index (κ2) is 8.22. The molecule has 3 rings (SSSR count). The number of hydrogen-bond acceptors (Lipinski definition) is 5. The van der Waals surface area contributed by atoms with Crippen molar-refractivity contribution in [2.45, 2.75) is 19.9 Å². The SMILES string of the molecule is COc1ccc(Cl)cc1NC(=O)[C@H](C)n1ncc(-c2ccc(C)cc2)nc1=O. The van der Waals surface area contributed by atoms with Crippen LogP contribution in [0.4, 0.5) is 5.69 Å². The molecule has 2 aromatic carbocycles. The minimum atomic E-state index is -0.879. The number of aromatic nitrogens is 3. The number of hydrogen-bond donors (Lipinski definition) is 1. The van der Waals surface area contributed by atoms with E-state index in [1.807, 2.05) is 31.2 Å². The second-order valence-corrected chi connectivity index (χ2v) is 6.68. The fourth-order valence-corrected chi connectivity index (χ4v) is 2.78. The van der Waals surface area contributed by atoms with Crippen LogP contribution in [-0.2, 0) is 4.79 Å². The van der Waals surface area contributed by atoms with Crippen molar-refractivity contribution >= 4 is 23.2 Å². The monoisotopic (exact) mass is 398 g/mol. The van der Waals surface area contributed by atoms with Gasteiger partial charge in [0.15, 0.2) is 0 Å². The van der Waals surface area contributed by atoms with Gasteiger partial charge in [0.2, 0.25) is 5.91 Å². The molecule has 144 valence electrons. The van der Waals surface area contributed by atoms with E-state index in [2.05, 4.69) is 15.4 Å². The predicted molar refractivity (Wildman–Crippen MR) is 108 cm³/mol. The van der Waals surface area contributed by atoms with E-state index in [1.54, 1.807) is 25.1 Å². The third-order valence-electron chi connectivity index (χ3n) is 4.23. The zero-order valence-corrected chi connectivity index (χ0v) is 16.4. The number of rotatable bonds is 5. The van der Waals surface area contributed by atoms with Gasteiger partial charge in [0.05, 0.1) is 24.7 Å². The lowest BCUT2D eigenvalue weighted by atomic mass is 10.1. The first-order valence-electron chi connectivity index (χ1n) is 8.56. The van der Waals surface area contributed by atoms with Crippen molar-refractivity contribution in [1.29, 1.82) is 0 Å². The molecule has 0 unspecified atom stereocenters. The molecular formula is C20H19ClN4O3. The number of carbonyl (C=O) groups is 1. The number of amides is 1. The number of aryl methyl sites for hydroxylation is 1. The molecular weight excluding hydrogens is 380 g/mol. The molecule has 0 saturated carbocycles. The zero-order valence-electron chi connectivity index (χ0n) is 15.6. The van der Waals surface area contributed by atoms with Crippen LogP contribution in [0.1, 0.15) is 18.5 Å². The van der Waals surface area contributed by atoms with Gasteiger partial charge < -0.3 is 10.1 Å². The summed E-state index contributed by atoms with van der Waals surface area (Å²) in [5, 5.41) is 7.28. The molecule has 8 heteroatoms. The first-order chi connectivity index (χ1) is 13.4. The number of halogens is 1. The van der Waals surface area contributed by atoms with E-state index in [0.29, 0.717) is 22.2 Å². The Morgan fingerprint density at radius 2 is 1.93 bits per heavy atom. The lowest BCUT2D eigenvalue weighted by Crippen LogP contribution is -2.34. The molecule has 3 aromatic rings. The van der Waals surface area contributed by atoms with Gasteiger partial charge in [-0.05, 0) is 32.0 Å². The average Bonchev–Trinajstić information content (AvgIpc) is 2.68. The van der Waals surface area contributed by atoms with Crippen molar-refractivity contribution in [3.63, 3.8) is 0 Å². The van der Waals surface area contributed by atoms with Crippen LogP contribution >= 0.6 is 11.6 Å². The Labute approximate surface area is 166 Å². The first kappa shape index (κ1) is 19.6. The largest absolute Gasteiger partial charge is 0.495 e. The maximum absolute atomic E-state index is 12.6. The summed E-state index contributed by atoms with van der Waals surface area (Å²) in [5.41, 5.74) is 2.13. The summed E-state index contributed by atoms with van der Waals surface area (Å²) in [7, 11) is 1.49. The molecule has 0 aliphatic rings. The third kappa shape index (κ3) is 4.20. The van der Waals surface area contributed by atoms with Gasteiger partial charge in [-0.1, -0.05) is 41.4 Å². The van der Waals surface area contributed by atoms with E-state index < -0.39 is 17.6 Å². The Morgan fingerprint density at radius 1 is 1.21 bits per heavy atom. The number of benzene rings is 2. The van der Waals surface area contributed by atoms with Crippen molar-refractivity contribution in [3.8, 4) is 17.0 Å². The third-order valence-corrected chi connectivity index (χ3v) is 4.46. The normalized spacial score (nSPS) is 11.7. The van der Waals surface area contributed by atoms with Crippen LogP contribution in [0.15, 0.2) is 53.5 Å². The van der Waals surface area contributed by atoms with Gasteiger partial charge in [-0.25, -0.2) is 9.48 Å². The molecule has 1 atom stereocenters. The summed E-state index contributed by atoms with van der Waals surface area (Å²) < 4.78 is 6.25. The van der Waals surface area contributed by atoms with Crippen LogP contribution in [0.2, 0.25) is 5.02 Å². The van der Waals surface area contributed by atoms with Crippen LogP contribution in [0.3, 0.4) is 0 Å². The molecule has 0 aliphatic heterocycles. The van der Waals surface area contributed by atoms with E-state index in [9.17, 15) is 9.59 Å². The molecule has 1 amide bonds. The lowest BCUT2D eigenvalue weighted by molar-refractivity contribution is -0.119. The highest BCUT2D eigenvalue weighted by atomic mass is 35.5. The van der Waals surface area contributed by atoms with Crippen molar-refractivity contribution in [2.75, 3.05) is 12.4 Å². The number of carbonyl (C=O) groups excluding carboxylic acids is 1. The average molecular weight is 399 g/mol. The van der Waals surface area contributed by atoms with E-state index in [1.165, 1.54) is 13.3 Å². The molecule has 0 spiro atoms. The van der Waals surface area contributed by atoms with E-state index >= 15 is 0 Å².